The van der Waals surface area contributed by atoms with Crippen LogP contribution in [0, 0.1) is 10.1 Å². The molecule has 1 aromatic heterocycles. The largest absolute Gasteiger partial charge is 0.492 e. The highest BCUT2D eigenvalue weighted by molar-refractivity contribution is 6.02. The molecule has 0 atom stereocenters. The summed E-state index contributed by atoms with van der Waals surface area (Å²) in [6.45, 7) is 0.281. The fraction of sp³-hybridized carbons (Fsp3) is 0.143. The van der Waals surface area contributed by atoms with Gasteiger partial charge in [0.25, 0.3) is 5.69 Å². The molecule has 0 radical (unpaired) electrons. The van der Waals surface area contributed by atoms with E-state index in [2.05, 4.69) is 4.98 Å². The molecule has 0 N–H and O–H groups in total. The first kappa shape index (κ1) is 12.3. The number of ketones is 1. The first-order valence-electron chi connectivity index (χ1n) is 6.07. The Balaban J connectivity index is 2.24. The molecule has 1 aliphatic heterocycles. The predicted octanol–water partition coefficient (Wildman–Crippen LogP) is 2.62. The van der Waals surface area contributed by atoms with Gasteiger partial charge in [-0.15, -0.1) is 0 Å². The quantitative estimate of drug-likeness (QED) is 0.618. The molecule has 1 aliphatic rings. The molecule has 0 amide bonds. The van der Waals surface area contributed by atoms with E-state index in [1.54, 1.807) is 18.2 Å². The Bertz CT molecular complexity index is 712. The van der Waals surface area contributed by atoms with Crippen molar-refractivity contribution >= 4 is 11.5 Å². The highest BCUT2D eigenvalue weighted by Crippen LogP contribution is 2.38. The van der Waals surface area contributed by atoms with E-state index in [0.717, 1.165) is 0 Å². The summed E-state index contributed by atoms with van der Waals surface area (Å²) in [6, 6.07) is 7.90. The molecular formula is C14H10N2O4. The van der Waals surface area contributed by atoms with Crippen molar-refractivity contribution in [2.45, 2.75) is 6.42 Å². The number of ether oxygens (including phenoxy) is 1. The lowest BCUT2D eigenvalue weighted by Gasteiger charge is -2.19. The lowest BCUT2D eigenvalue weighted by molar-refractivity contribution is -0.384. The molecule has 100 valence electrons. The number of hydrogen-bond acceptors (Lipinski definition) is 5. The summed E-state index contributed by atoms with van der Waals surface area (Å²) in [7, 11) is 0. The molecule has 0 fully saturated rings. The van der Waals surface area contributed by atoms with Gasteiger partial charge in [-0.25, -0.2) is 4.98 Å². The average Bonchev–Trinajstić information content (AvgIpc) is 2.47. The van der Waals surface area contributed by atoms with Gasteiger partial charge < -0.3 is 4.74 Å². The molecule has 3 rings (SSSR count). The SMILES string of the molecule is O=C1CCOc2c1cccc2-c1ncccc1[N+](=O)[O-]. The fourth-order valence-corrected chi connectivity index (χ4v) is 2.23. The molecule has 6 heteroatoms. The maximum atomic E-state index is 11.9. The highest BCUT2D eigenvalue weighted by atomic mass is 16.6. The molecule has 0 bridgehead atoms. The van der Waals surface area contributed by atoms with E-state index < -0.39 is 4.92 Å². The van der Waals surface area contributed by atoms with Crippen LogP contribution >= 0.6 is 0 Å². The molecule has 0 saturated heterocycles. The number of benzene rings is 1. The van der Waals surface area contributed by atoms with Gasteiger partial charge in [0.1, 0.15) is 5.75 Å². The Labute approximate surface area is 114 Å². The second kappa shape index (κ2) is 4.73. The first-order chi connectivity index (χ1) is 9.68. The Hall–Kier alpha value is -2.76. The van der Waals surface area contributed by atoms with Gasteiger partial charge >= 0.3 is 0 Å². The van der Waals surface area contributed by atoms with Crippen molar-refractivity contribution in [3.05, 3.63) is 52.2 Å². The number of Topliss-reactive ketones (excluding diaryl/α,β-unsaturated/α-hetero) is 1. The van der Waals surface area contributed by atoms with Crippen LogP contribution in [0.25, 0.3) is 11.3 Å². The minimum atomic E-state index is -0.494. The molecule has 2 aromatic rings. The maximum Gasteiger partial charge on any atom is 0.295 e. The predicted molar refractivity (Wildman–Crippen MR) is 70.8 cm³/mol. The standard InChI is InChI=1S/C14H10N2O4/c17-12-6-8-20-14-9(12)3-1-4-10(14)13-11(16(18)19)5-2-7-15-13/h1-5,7H,6,8H2. The Morgan fingerprint density at radius 1 is 1.20 bits per heavy atom. The fourth-order valence-electron chi connectivity index (χ4n) is 2.23. The minimum absolute atomic E-state index is 0.0216. The van der Waals surface area contributed by atoms with Crippen LogP contribution < -0.4 is 4.74 Å². The third-order valence-electron chi connectivity index (χ3n) is 3.13. The van der Waals surface area contributed by atoms with Crippen molar-refractivity contribution in [1.29, 1.82) is 0 Å². The summed E-state index contributed by atoms with van der Waals surface area (Å²) in [5.41, 5.74) is 1.03. The second-order valence-electron chi connectivity index (χ2n) is 4.33. The van der Waals surface area contributed by atoms with Gasteiger partial charge in [-0.1, -0.05) is 6.07 Å². The number of fused-ring (bicyclic) bond motifs is 1. The summed E-state index contributed by atoms with van der Waals surface area (Å²) < 4.78 is 5.53. The summed E-state index contributed by atoms with van der Waals surface area (Å²) in [6.07, 6.45) is 1.80. The van der Waals surface area contributed by atoms with Gasteiger partial charge in [0.2, 0.25) is 0 Å². The first-order valence-corrected chi connectivity index (χ1v) is 6.07. The van der Waals surface area contributed by atoms with Gasteiger partial charge in [-0.3, -0.25) is 14.9 Å². The Kier molecular flexibility index (Phi) is 2.90. The maximum absolute atomic E-state index is 11.9. The number of carbonyl (C=O) groups excluding carboxylic acids is 1. The number of nitrogens with zero attached hydrogens (tertiary/aromatic N) is 2. The van der Waals surface area contributed by atoms with E-state index in [0.29, 0.717) is 23.3 Å². The zero-order chi connectivity index (χ0) is 14.1. The summed E-state index contributed by atoms with van der Waals surface area (Å²) >= 11 is 0. The van der Waals surface area contributed by atoms with Gasteiger partial charge in [0.15, 0.2) is 11.5 Å². The molecule has 0 spiro atoms. The van der Waals surface area contributed by atoms with Crippen molar-refractivity contribution in [1.82, 2.24) is 4.98 Å². The number of pyridine rings is 1. The van der Waals surface area contributed by atoms with Gasteiger partial charge in [-0.05, 0) is 18.2 Å². The number of rotatable bonds is 2. The van der Waals surface area contributed by atoms with Crippen LogP contribution in [0.5, 0.6) is 5.75 Å². The molecule has 0 unspecified atom stereocenters. The van der Waals surface area contributed by atoms with Crippen LogP contribution in [0.1, 0.15) is 16.8 Å². The van der Waals surface area contributed by atoms with Crippen molar-refractivity contribution in [3.8, 4) is 17.0 Å². The topological polar surface area (TPSA) is 82.3 Å². The lowest BCUT2D eigenvalue weighted by atomic mass is 9.99. The van der Waals surface area contributed by atoms with E-state index in [9.17, 15) is 14.9 Å². The Morgan fingerprint density at radius 3 is 2.80 bits per heavy atom. The van der Waals surface area contributed by atoms with Crippen molar-refractivity contribution in [2.75, 3.05) is 6.61 Å². The molecule has 0 saturated carbocycles. The normalized spacial score (nSPS) is 13.5. The molecular weight excluding hydrogens is 260 g/mol. The number of carbonyl (C=O) groups is 1. The van der Waals surface area contributed by atoms with Crippen LogP contribution in [0.3, 0.4) is 0 Å². The number of aromatic nitrogens is 1. The Morgan fingerprint density at radius 2 is 2.00 bits per heavy atom. The van der Waals surface area contributed by atoms with E-state index in [1.807, 2.05) is 0 Å². The summed E-state index contributed by atoms with van der Waals surface area (Å²) in [5, 5.41) is 11.1. The number of para-hydroxylation sites is 1. The molecule has 2 heterocycles. The van der Waals surface area contributed by atoms with Crippen LogP contribution in [-0.2, 0) is 0 Å². The molecule has 20 heavy (non-hydrogen) atoms. The average molecular weight is 270 g/mol. The summed E-state index contributed by atoms with van der Waals surface area (Å²) in [5.74, 6) is 0.359. The lowest BCUT2D eigenvalue weighted by Crippen LogP contribution is -2.16. The van der Waals surface area contributed by atoms with Gasteiger partial charge in [0, 0.05) is 18.7 Å². The minimum Gasteiger partial charge on any atom is -0.492 e. The summed E-state index contributed by atoms with van der Waals surface area (Å²) in [4.78, 5) is 26.5. The molecule has 0 aliphatic carbocycles. The molecule has 1 aromatic carbocycles. The van der Waals surface area contributed by atoms with Crippen LogP contribution in [0.2, 0.25) is 0 Å². The van der Waals surface area contributed by atoms with Crippen molar-refractivity contribution < 1.29 is 14.5 Å². The third-order valence-corrected chi connectivity index (χ3v) is 3.13. The van der Waals surface area contributed by atoms with Crippen LogP contribution in [0.15, 0.2) is 36.5 Å². The van der Waals surface area contributed by atoms with E-state index >= 15 is 0 Å². The van der Waals surface area contributed by atoms with Crippen LogP contribution in [-0.4, -0.2) is 22.3 Å². The van der Waals surface area contributed by atoms with E-state index in [4.69, 9.17) is 4.74 Å². The van der Waals surface area contributed by atoms with Crippen molar-refractivity contribution in [3.63, 3.8) is 0 Å². The van der Waals surface area contributed by atoms with Crippen LogP contribution in [0.4, 0.5) is 5.69 Å². The zero-order valence-electron chi connectivity index (χ0n) is 10.4. The van der Waals surface area contributed by atoms with E-state index in [1.165, 1.54) is 18.3 Å². The second-order valence-corrected chi connectivity index (χ2v) is 4.33. The number of nitro groups is 1. The monoisotopic (exact) mass is 270 g/mol. The smallest absolute Gasteiger partial charge is 0.295 e. The number of hydrogen-bond donors (Lipinski definition) is 0. The zero-order valence-corrected chi connectivity index (χ0v) is 10.4. The van der Waals surface area contributed by atoms with Gasteiger partial charge in [-0.2, -0.15) is 0 Å². The highest BCUT2D eigenvalue weighted by Gasteiger charge is 2.25. The van der Waals surface area contributed by atoms with Gasteiger partial charge in [0.05, 0.1) is 22.7 Å². The molecule has 6 nitrogen and oxygen atoms in total. The third kappa shape index (κ3) is 1.91. The van der Waals surface area contributed by atoms with E-state index in [-0.39, 0.29) is 23.8 Å². The van der Waals surface area contributed by atoms with Crippen molar-refractivity contribution in [2.24, 2.45) is 0 Å².